The molecule has 0 saturated heterocycles. The van der Waals surface area contributed by atoms with Gasteiger partial charge in [0.05, 0.1) is 5.69 Å². The van der Waals surface area contributed by atoms with E-state index in [2.05, 4.69) is 10.5 Å². The second-order valence-electron chi connectivity index (χ2n) is 4.95. The van der Waals surface area contributed by atoms with Crippen LogP contribution in [0.25, 0.3) is 0 Å². The monoisotopic (exact) mass is 314 g/mol. The van der Waals surface area contributed by atoms with Crippen LogP contribution in [0.1, 0.15) is 16.8 Å². The van der Waals surface area contributed by atoms with Crippen LogP contribution >= 0.6 is 11.6 Å². The molecule has 1 atom stereocenters. The van der Waals surface area contributed by atoms with Gasteiger partial charge in [0.2, 0.25) is 0 Å². The van der Waals surface area contributed by atoms with Crippen molar-refractivity contribution in [2.45, 2.75) is 25.8 Å². The lowest BCUT2D eigenvalue weighted by Gasteiger charge is -2.16. The van der Waals surface area contributed by atoms with E-state index in [0.717, 1.165) is 11.3 Å². The number of rotatable bonds is 5. The maximum Gasteiger partial charge on any atom is 0.130 e. The molecule has 2 aromatic rings. The molecule has 0 amide bonds. The fraction of sp³-hybridized carbons (Fsp3) is 0.357. The van der Waals surface area contributed by atoms with Gasteiger partial charge in [-0.25, -0.2) is 8.78 Å². The quantitative estimate of drug-likeness (QED) is 0.657. The summed E-state index contributed by atoms with van der Waals surface area (Å²) < 4.78 is 29.0. The van der Waals surface area contributed by atoms with Crippen LogP contribution in [0, 0.1) is 18.6 Å². The highest BCUT2D eigenvalue weighted by molar-refractivity contribution is 6.30. The van der Waals surface area contributed by atoms with Crippen LogP contribution in [-0.2, 0) is 19.9 Å². The fourth-order valence-corrected chi connectivity index (χ4v) is 2.57. The van der Waals surface area contributed by atoms with Crippen LogP contribution in [0.4, 0.5) is 8.78 Å². The summed E-state index contributed by atoms with van der Waals surface area (Å²) in [4.78, 5) is 0. The molecule has 1 aromatic heterocycles. The first kappa shape index (κ1) is 15.9. The second-order valence-corrected chi connectivity index (χ2v) is 5.31. The van der Waals surface area contributed by atoms with Gasteiger partial charge in [0, 0.05) is 24.2 Å². The minimum atomic E-state index is -0.579. The summed E-state index contributed by atoms with van der Waals surface area (Å²) in [7, 11) is 1.74. The summed E-state index contributed by atoms with van der Waals surface area (Å²) in [6.45, 7) is 1.83. The SMILES string of the molecule is Cc1nn(C)c(Cl)c1CC(Cc1c(F)cccc1F)NN. The van der Waals surface area contributed by atoms with Crippen LogP contribution in [0.5, 0.6) is 0 Å². The molecule has 7 heteroatoms. The molecule has 0 aliphatic heterocycles. The van der Waals surface area contributed by atoms with Crippen molar-refractivity contribution in [2.75, 3.05) is 0 Å². The van der Waals surface area contributed by atoms with Crippen LogP contribution in [0.2, 0.25) is 5.15 Å². The normalized spacial score (nSPS) is 12.7. The zero-order chi connectivity index (χ0) is 15.6. The molecular formula is C14H17ClF2N4. The van der Waals surface area contributed by atoms with Gasteiger partial charge in [-0.3, -0.25) is 16.0 Å². The van der Waals surface area contributed by atoms with Crippen molar-refractivity contribution in [1.29, 1.82) is 0 Å². The van der Waals surface area contributed by atoms with E-state index in [-0.39, 0.29) is 18.0 Å². The number of hydrazine groups is 1. The number of nitrogens with one attached hydrogen (secondary N) is 1. The lowest BCUT2D eigenvalue weighted by Crippen LogP contribution is -2.39. The van der Waals surface area contributed by atoms with Crippen LogP contribution in [0.15, 0.2) is 18.2 Å². The average molecular weight is 315 g/mol. The number of aryl methyl sites for hydroxylation is 2. The Balaban J connectivity index is 2.21. The predicted molar refractivity (Wildman–Crippen MR) is 77.8 cm³/mol. The highest BCUT2D eigenvalue weighted by Crippen LogP contribution is 2.22. The van der Waals surface area contributed by atoms with Gasteiger partial charge in [-0.05, 0) is 31.9 Å². The number of aromatic nitrogens is 2. The Kier molecular flexibility index (Phi) is 4.92. The molecule has 114 valence electrons. The first-order valence-corrected chi connectivity index (χ1v) is 6.88. The first-order valence-electron chi connectivity index (χ1n) is 6.51. The minimum Gasteiger partial charge on any atom is -0.271 e. The van der Waals surface area contributed by atoms with Gasteiger partial charge < -0.3 is 0 Å². The molecule has 21 heavy (non-hydrogen) atoms. The van der Waals surface area contributed by atoms with Gasteiger partial charge in [-0.1, -0.05) is 17.7 Å². The predicted octanol–water partition coefficient (Wildman–Crippen LogP) is 2.28. The second kappa shape index (κ2) is 6.51. The van der Waals surface area contributed by atoms with Gasteiger partial charge >= 0.3 is 0 Å². The average Bonchev–Trinajstić information content (AvgIpc) is 2.67. The van der Waals surface area contributed by atoms with Crippen molar-refractivity contribution in [1.82, 2.24) is 15.2 Å². The summed E-state index contributed by atoms with van der Waals surface area (Å²) in [5.74, 6) is 4.35. The number of nitrogens with two attached hydrogens (primary N) is 1. The highest BCUT2D eigenvalue weighted by Gasteiger charge is 2.19. The molecule has 0 aliphatic carbocycles. The third-order valence-electron chi connectivity index (χ3n) is 3.47. The lowest BCUT2D eigenvalue weighted by atomic mass is 9.99. The Bertz CT molecular complexity index is 622. The molecule has 0 bridgehead atoms. The van der Waals surface area contributed by atoms with E-state index >= 15 is 0 Å². The molecule has 0 aliphatic rings. The maximum atomic E-state index is 13.7. The van der Waals surface area contributed by atoms with E-state index in [4.69, 9.17) is 17.4 Å². The standard InChI is InChI=1S/C14H17ClF2N4/c1-8-10(14(15)21(2)20-8)6-9(19-18)7-11-12(16)4-3-5-13(11)17/h3-5,9,19H,6-7,18H2,1-2H3. The van der Waals surface area contributed by atoms with Crippen molar-refractivity contribution < 1.29 is 8.78 Å². The van der Waals surface area contributed by atoms with Gasteiger partial charge in [0.25, 0.3) is 0 Å². The molecule has 1 unspecified atom stereocenters. The summed E-state index contributed by atoms with van der Waals surface area (Å²) in [6, 6.07) is 3.45. The molecule has 0 saturated carbocycles. The number of hydrogen-bond donors (Lipinski definition) is 2. The molecule has 0 fully saturated rings. The van der Waals surface area contributed by atoms with E-state index < -0.39 is 11.6 Å². The highest BCUT2D eigenvalue weighted by atomic mass is 35.5. The molecule has 4 nitrogen and oxygen atoms in total. The Morgan fingerprint density at radius 1 is 1.29 bits per heavy atom. The largest absolute Gasteiger partial charge is 0.271 e. The van der Waals surface area contributed by atoms with E-state index in [9.17, 15) is 8.78 Å². The molecule has 3 N–H and O–H groups in total. The zero-order valence-corrected chi connectivity index (χ0v) is 12.6. The Hall–Kier alpha value is -1.50. The fourth-order valence-electron chi connectivity index (χ4n) is 2.32. The third kappa shape index (κ3) is 3.40. The Morgan fingerprint density at radius 3 is 2.33 bits per heavy atom. The molecule has 0 spiro atoms. The van der Waals surface area contributed by atoms with Gasteiger partial charge in [0.1, 0.15) is 16.8 Å². The number of benzene rings is 1. The third-order valence-corrected chi connectivity index (χ3v) is 3.94. The van der Waals surface area contributed by atoms with Crippen LogP contribution in [0.3, 0.4) is 0 Å². The van der Waals surface area contributed by atoms with E-state index in [1.54, 1.807) is 11.7 Å². The smallest absolute Gasteiger partial charge is 0.130 e. The van der Waals surface area contributed by atoms with Gasteiger partial charge in [0.15, 0.2) is 0 Å². The van der Waals surface area contributed by atoms with E-state index in [1.165, 1.54) is 18.2 Å². The summed E-state index contributed by atoms with van der Waals surface area (Å²) >= 11 is 6.16. The van der Waals surface area contributed by atoms with Crippen molar-refractivity contribution in [3.8, 4) is 0 Å². The molecular weight excluding hydrogens is 298 g/mol. The van der Waals surface area contributed by atoms with Gasteiger partial charge in [-0.15, -0.1) is 0 Å². The van der Waals surface area contributed by atoms with E-state index in [1.807, 2.05) is 6.92 Å². The number of nitrogens with zero attached hydrogens (tertiary/aromatic N) is 2. The Labute approximate surface area is 126 Å². The maximum absolute atomic E-state index is 13.7. The Morgan fingerprint density at radius 2 is 1.86 bits per heavy atom. The van der Waals surface area contributed by atoms with Crippen LogP contribution in [-0.4, -0.2) is 15.8 Å². The molecule has 0 radical (unpaired) electrons. The lowest BCUT2D eigenvalue weighted by molar-refractivity contribution is 0.484. The van der Waals surface area contributed by atoms with Crippen LogP contribution < -0.4 is 11.3 Å². The van der Waals surface area contributed by atoms with Crippen molar-refractivity contribution in [3.05, 3.63) is 51.8 Å². The van der Waals surface area contributed by atoms with Gasteiger partial charge in [-0.2, -0.15) is 5.10 Å². The molecule has 1 aromatic carbocycles. The molecule has 2 rings (SSSR count). The molecule has 1 heterocycles. The van der Waals surface area contributed by atoms with Crippen molar-refractivity contribution in [3.63, 3.8) is 0 Å². The topological polar surface area (TPSA) is 55.9 Å². The van der Waals surface area contributed by atoms with Crippen molar-refractivity contribution >= 4 is 11.6 Å². The summed E-state index contributed by atoms with van der Waals surface area (Å²) in [6.07, 6.45) is 0.558. The van der Waals surface area contributed by atoms with Crippen molar-refractivity contribution in [2.24, 2.45) is 12.9 Å². The van der Waals surface area contributed by atoms with E-state index in [0.29, 0.717) is 11.6 Å². The zero-order valence-electron chi connectivity index (χ0n) is 11.8. The number of halogens is 3. The summed E-state index contributed by atoms with van der Waals surface area (Å²) in [5, 5.41) is 4.71. The minimum absolute atomic E-state index is 0.0121. The first-order chi connectivity index (χ1) is 9.93. The number of hydrogen-bond acceptors (Lipinski definition) is 3. The summed E-state index contributed by atoms with van der Waals surface area (Å²) in [5.41, 5.74) is 4.19.